The summed E-state index contributed by atoms with van der Waals surface area (Å²) in [7, 11) is 0. The van der Waals surface area contributed by atoms with E-state index in [1.807, 2.05) is 20.8 Å². The van der Waals surface area contributed by atoms with E-state index >= 15 is 0 Å². The van der Waals surface area contributed by atoms with Gasteiger partial charge in [0.15, 0.2) is 0 Å². The molecule has 1 atom stereocenters. The highest BCUT2D eigenvalue weighted by Crippen LogP contribution is 2.21. The first-order chi connectivity index (χ1) is 7.44. The van der Waals surface area contributed by atoms with Crippen molar-refractivity contribution in [2.75, 3.05) is 26.4 Å². The van der Waals surface area contributed by atoms with Crippen molar-refractivity contribution in [3.05, 3.63) is 0 Å². The first-order valence-electron chi connectivity index (χ1n) is 5.48. The number of esters is 1. The Bertz CT molecular complexity index is 203. The van der Waals surface area contributed by atoms with Gasteiger partial charge in [0.2, 0.25) is 0 Å². The van der Waals surface area contributed by atoms with Crippen molar-refractivity contribution >= 4 is 5.97 Å². The van der Waals surface area contributed by atoms with E-state index in [9.17, 15) is 4.79 Å². The van der Waals surface area contributed by atoms with Crippen LogP contribution in [0.3, 0.4) is 0 Å². The van der Waals surface area contributed by atoms with Crippen LogP contribution in [-0.2, 0) is 14.3 Å². The number of aliphatic hydroxyl groups is 2. The predicted molar refractivity (Wildman–Crippen MR) is 58.9 cm³/mol. The van der Waals surface area contributed by atoms with Crippen LogP contribution < -0.4 is 0 Å². The maximum atomic E-state index is 11.5. The summed E-state index contributed by atoms with van der Waals surface area (Å²) in [5, 5.41) is 17.5. The van der Waals surface area contributed by atoms with Crippen molar-refractivity contribution in [3.63, 3.8) is 0 Å². The Kier molecular flexibility index (Phi) is 7.29. The van der Waals surface area contributed by atoms with Crippen LogP contribution in [-0.4, -0.2) is 48.7 Å². The molecule has 0 aromatic rings. The first kappa shape index (κ1) is 15.3. The van der Waals surface area contributed by atoms with Crippen LogP contribution in [0.2, 0.25) is 0 Å². The quantitative estimate of drug-likeness (QED) is 0.468. The van der Waals surface area contributed by atoms with Crippen LogP contribution >= 0.6 is 0 Å². The van der Waals surface area contributed by atoms with Gasteiger partial charge < -0.3 is 19.7 Å². The average Bonchev–Trinajstić information content (AvgIpc) is 2.27. The molecule has 0 aliphatic carbocycles. The SMILES string of the molecule is CCC(C)(C)C(=O)OCCOCC(O)CO. The van der Waals surface area contributed by atoms with Crippen molar-refractivity contribution < 1.29 is 24.5 Å². The Balaban J connectivity index is 3.56. The third-order valence-corrected chi connectivity index (χ3v) is 2.42. The number of rotatable bonds is 8. The molecule has 0 saturated carbocycles. The molecule has 5 nitrogen and oxygen atoms in total. The van der Waals surface area contributed by atoms with E-state index in [0.29, 0.717) is 0 Å². The van der Waals surface area contributed by atoms with Gasteiger partial charge in [0.1, 0.15) is 12.7 Å². The maximum Gasteiger partial charge on any atom is 0.311 e. The molecule has 0 amide bonds. The van der Waals surface area contributed by atoms with Gasteiger partial charge in [-0.3, -0.25) is 4.79 Å². The van der Waals surface area contributed by atoms with Gasteiger partial charge in [-0.2, -0.15) is 0 Å². The minimum atomic E-state index is -0.872. The second kappa shape index (κ2) is 7.60. The Labute approximate surface area is 96.4 Å². The summed E-state index contributed by atoms with van der Waals surface area (Å²) < 4.78 is 10.0. The number of ether oxygens (including phenoxy) is 2. The highest BCUT2D eigenvalue weighted by molar-refractivity contribution is 5.75. The van der Waals surface area contributed by atoms with Gasteiger partial charge in [0.05, 0.1) is 25.2 Å². The molecule has 0 saturated heterocycles. The van der Waals surface area contributed by atoms with Gasteiger partial charge in [-0.05, 0) is 20.3 Å². The summed E-state index contributed by atoms with van der Waals surface area (Å²) in [5.41, 5.74) is -0.468. The van der Waals surface area contributed by atoms with Crippen LogP contribution in [0.1, 0.15) is 27.2 Å². The molecule has 0 heterocycles. The topological polar surface area (TPSA) is 76.0 Å². The fourth-order valence-electron chi connectivity index (χ4n) is 0.805. The Morgan fingerprint density at radius 3 is 2.50 bits per heavy atom. The standard InChI is InChI=1S/C11H22O5/c1-4-11(2,3)10(14)16-6-5-15-8-9(13)7-12/h9,12-13H,4-8H2,1-3H3. The molecule has 1 unspecified atom stereocenters. The van der Waals surface area contributed by atoms with E-state index in [0.717, 1.165) is 6.42 Å². The van der Waals surface area contributed by atoms with E-state index in [-0.39, 0.29) is 32.4 Å². The molecular weight excluding hydrogens is 212 g/mol. The fourth-order valence-corrected chi connectivity index (χ4v) is 0.805. The van der Waals surface area contributed by atoms with Crippen molar-refractivity contribution in [2.24, 2.45) is 5.41 Å². The third kappa shape index (κ3) is 6.05. The largest absolute Gasteiger partial charge is 0.463 e. The van der Waals surface area contributed by atoms with Crippen LogP contribution in [0.15, 0.2) is 0 Å². The number of hydrogen-bond donors (Lipinski definition) is 2. The molecule has 0 radical (unpaired) electrons. The molecule has 2 N–H and O–H groups in total. The first-order valence-corrected chi connectivity index (χ1v) is 5.48. The lowest BCUT2D eigenvalue weighted by Crippen LogP contribution is -2.27. The minimum absolute atomic E-state index is 0.0468. The summed E-state index contributed by atoms with van der Waals surface area (Å²) in [5.74, 6) is -0.249. The number of carbonyl (C=O) groups is 1. The lowest BCUT2D eigenvalue weighted by atomic mass is 9.91. The molecule has 0 rings (SSSR count). The second-order valence-corrected chi connectivity index (χ2v) is 4.28. The van der Waals surface area contributed by atoms with Crippen LogP contribution in [0, 0.1) is 5.41 Å². The molecule has 0 fully saturated rings. The molecule has 16 heavy (non-hydrogen) atoms. The van der Waals surface area contributed by atoms with E-state index in [1.165, 1.54) is 0 Å². The zero-order valence-electron chi connectivity index (χ0n) is 10.2. The van der Waals surface area contributed by atoms with Crippen LogP contribution in [0.5, 0.6) is 0 Å². The van der Waals surface area contributed by atoms with Crippen molar-refractivity contribution in [2.45, 2.75) is 33.3 Å². The maximum absolute atomic E-state index is 11.5. The lowest BCUT2D eigenvalue weighted by Gasteiger charge is -2.20. The summed E-state index contributed by atoms with van der Waals surface area (Å²) in [6.07, 6.45) is -0.154. The van der Waals surface area contributed by atoms with Gasteiger partial charge in [0.25, 0.3) is 0 Å². The fraction of sp³-hybridized carbons (Fsp3) is 0.909. The van der Waals surface area contributed by atoms with Crippen molar-refractivity contribution in [1.29, 1.82) is 0 Å². The Morgan fingerprint density at radius 1 is 1.38 bits per heavy atom. The van der Waals surface area contributed by atoms with E-state index in [1.54, 1.807) is 0 Å². The summed E-state index contributed by atoms with van der Waals surface area (Å²) in [6, 6.07) is 0. The summed E-state index contributed by atoms with van der Waals surface area (Å²) in [6.45, 7) is 5.68. The molecule has 96 valence electrons. The molecule has 5 heteroatoms. The minimum Gasteiger partial charge on any atom is -0.463 e. The van der Waals surface area contributed by atoms with Gasteiger partial charge in [-0.1, -0.05) is 6.92 Å². The highest BCUT2D eigenvalue weighted by Gasteiger charge is 2.26. The number of aliphatic hydroxyl groups excluding tert-OH is 2. The van der Waals surface area contributed by atoms with Crippen LogP contribution in [0.4, 0.5) is 0 Å². The summed E-state index contributed by atoms with van der Waals surface area (Å²) >= 11 is 0. The van der Waals surface area contributed by atoms with E-state index in [4.69, 9.17) is 19.7 Å². The monoisotopic (exact) mass is 234 g/mol. The smallest absolute Gasteiger partial charge is 0.311 e. The van der Waals surface area contributed by atoms with E-state index in [2.05, 4.69) is 0 Å². The molecule has 0 aromatic carbocycles. The van der Waals surface area contributed by atoms with Crippen LogP contribution in [0.25, 0.3) is 0 Å². The zero-order chi connectivity index (χ0) is 12.6. The Morgan fingerprint density at radius 2 is 2.00 bits per heavy atom. The number of carbonyl (C=O) groups excluding carboxylic acids is 1. The van der Waals surface area contributed by atoms with Crippen molar-refractivity contribution in [3.8, 4) is 0 Å². The number of hydrogen-bond acceptors (Lipinski definition) is 5. The zero-order valence-corrected chi connectivity index (χ0v) is 10.2. The molecule has 0 aliphatic heterocycles. The molecule has 0 bridgehead atoms. The lowest BCUT2D eigenvalue weighted by molar-refractivity contribution is -0.156. The van der Waals surface area contributed by atoms with Crippen molar-refractivity contribution in [1.82, 2.24) is 0 Å². The average molecular weight is 234 g/mol. The van der Waals surface area contributed by atoms with Gasteiger partial charge in [-0.15, -0.1) is 0 Å². The van der Waals surface area contributed by atoms with Gasteiger partial charge >= 0.3 is 5.97 Å². The predicted octanol–water partition coefficient (Wildman–Crippen LogP) is 0.336. The molecular formula is C11H22O5. The second-order valence-electron chi connectivity index (χ2n) is 4.28. The van der Waals surface area contributed by atoms with Gasteiger partial charge in [-0.25, -0.2) is 0 Å². The Hall–Kier alpha value is -0.650. The third-order valence-electron chi connectivity index (χ3n) is 2.42. The van der Waals surface area contributed by atoms with Gasteiger partial charge in [0, 0.05) is 0 Å². The molecule has 0 aromatic heterocycles. The highest BCUT2D eigenvalue weighted by atomic mass is 16.6. The van der Waals surface area contributed by atoms with E-state index < -0.39 is 11.5 Å². The molecule has 0 spiro atoms. The molecule has 0 aliphatic rings. The normalized spacial score (nSPS) is 13.6. The summed E-state index contributed by atoms with van der Waals surface area (Å²) in [4.78, 5) is 11.5.